The van der Waals surface area contributed by atoms with E-state index < -0.39 is 0 Å². The molecular formula is C17H17N3O3. The number of benzene rings is 2. The van der Waals surface area contributed by atoms with Crippen LogP contribution in [-0.2, 0) is 0 Å². The molecule has 0 aliphatic carbocycles. The number of carbonyl (C=O) groups excluding carboxylic acids is 1. The molecule has 2 aromatic rings. The van der Waals surface area contributed by atoms with Crippen LogP contribution in [0.1, 0.15) is 5.56 Å². The molecule has 6 heteroatoms. The van der Waals surface area contributed by atoms with E-state index in [1.807, 2.05) is 6.07 Å². The molecule has 2 amide bonds. The molecule has 0 heterocycles. The summed E-state index contributed by atoms with van der Waals surface area (Å²) in [6, 6.07) is 15.6. The first-order valence-electron chi connectivity index (χ1n) is 7.04. The van der Waals surface area contributed by atoms with Gasteiger partial charge in [0.05, 0.1) is 24.9 Å². The third kappa shape index (κ3) is 4.93. The predicted molar refractivity (Wildman–Crippen MR) is 86.7 cm³/mol. The Kier molecular flexibility index (Phi) is 5.83. The Morgan fingerprint density at radius 2 is 1.83 bits per heavy atom. The standard InChI is InChI=1S/C17H17N3O3/c1-22-14-6-8-15(9-7-14)23-11-10-19-17(21)20-16-5-3-2-4-13(16)12-18/h2-9H,10-11H2,1H3,(H2,19,20,21). The first-order chi connectivity index (χ1) is 11.2. The number of amides is 2. The zero-order valence-corrected chi connectivity index (χ0v) is 12.7. The highest BCUT2D eigenvalue weighted by Crippen LogP contribution is 2.16. The van der Waals surface area contributed by atoms with Gasteiger partial charge in [-0.15, -0.1) is 0 Å². The molecule has 23 heavy (non-hydrogen) atoms. The largest absolute Gasteiger partial charge is 0.497 e. The van der Waals surface area contributed by atoms with E-state index in [0.29, 0.717) is 30.2 Å². The van der Waals surface area contributed by atoms with E-state index in [1.165, 1.54) is 0 Å². The van der Waals surface area contributed by atoms with Crippen molar-refractivity contribution in [2.24, 2.45) is 0 Å². The number of nitrogens with zero attached hydrogens (tertiary/aromatic N) is 1. The zero-order chi connectivity index (χ0) is 16.5. The molecule has 0 fully saturated rings. The number of hydrogen-bond acceptors (Lipinski definition) is 4. The van der Waals surface area contributed by atoms with Gasteiger partial charge in [-0.1, -0.05) is 12.1 Å². The van der Waals surface area contributed by atoms with Crippen molar-refractivity contribution in [1.82, 2.24) is 5.32 Å². The number of urea groups is 1. The van der Waals surface area contributed by atoms with Gasteiger partial charge in [0.15, 0.2) is 0 Å². The van der Waals surface area contributed by atoms with Crippen LogP contribution in [0.15, 0.2) is 48.5 Å². The van der Waals surface area contributed by atoms with Gasteiger partial charge in [-0.3, -0.25) is 0 Å². The van der Waals surface area contributed by atoms with Crippen LogP contribution >= 0.6 is 0 Å². The topological polar surface area (TPSA) is 83.4 Å². The molecule has 0 atom stereocenters. The Balaban J connectivity index is 1.73. The van der Waals surface area contributed by atoms with Gasteiger partial charge >= 0.3 is 6.03 Å². The van der Waals surface area contributed by atoms with Gasteiger partial charge < -0.3 is 20.1 Å². The van der Waals surface area contributed by atoms with Gasteiger partial charge in [-0.25, -0.2) is 4.79 Å². The highest BCUT2D eigenvalue weighted by atomic mass is 16.5. The molecule has 2 aromatic carbocycles. The summed E-state index contributed by atoms with van der Waals surface area (Å²) in [5.41, 5.74) is 0.890. The fourth-order valence-electron chi connectivity index (χ4n) is 1.86. The Morgan fingerprint density at radius 1 is 1.13 bits per heavy atom. The van der Waals surface area contributed by atoms with Crippen LogP contribution in [0.25, 0.3) is 0 Å². The van der Waals surface area contributed by atoms with Crippen LogP contribution in [0, 0.1) is 11.3 Å². The number of para-hydroxylation sites is 1. The van der Waals surface area contributed by atoms with Gasteiger partial charge in [0.25, 0.3) is 0 Å². The van der Waals surface area contributed by atoms with Crippen molar-refractivity contribution in [3.63, 3.8) is 0 Å². The lowest BCUT2D eigenvalue weighted by molar-refractivity contribution is 0.247. The van der Waals surface area contributed by atoms with Gasteiger partial charge in [-0.2, -0.15) is 5.26 Å². The predicted octanol–water partition coefficient (Wildman–Crippen LogP) is 2.77. The average Bonchev–Trinajstić information content (AvgIpc) is 2.59. The van der Waals surface area contributed by atoms with Crippen LogP contribution in [0.3, 0.4) is 0 Å². The molecule has 2 rings (SSSR count). The maximum Gasteiger partial charge on any atom is 0.319 e. The van der Waals surface area contributed by atoms with E-state index in [2.05, 4.69) is 10.6 Å². The molecule has 0 aliphatic heterocycles. The number of carbonyl (C=O) groups is 1. The van der Waals surface area contributed by atoms with Crippen LogP contribution in [-0.4, -0.2) is 26.3 Å². The molecule has 6 nitrogen and oxygen atoms in total. The molecular weight excluding hydrogens is 294 g/mol. The van der Waals surface area contributed by atoms with Gasteiger partial charge in [0, 0.05) is 0 Å². The summed E-state index contributed by atoms with van der Waals surface area (Å²) in [7, 11) is 1.60. The maximum absolute atomic E-state index is 11.8. The smallest absolute Gasteiger partial charge is 0.319 e. The van der Waals surface area contributed by atoms with Crippen molar-refractivity contribution in [3.05, 3.63) is 54.1 Å². The Bertz CT molecular complexity index is 693. The molecule has 0 aromatic heterocycles. The van der Waals surface area contributed by atoms with Crippen molar-refractivity contribution < 1.29 is 14.3 Å². The van der Waals surface area contributed by atoms with Crippen LogP contribution in [0.2, 0.25) is 0 Å². The van der Waals surface area contributed by atoms with E-state index in [-0.39, 0.29) is 6.03 Å². The highest BCUT2D eigenvalue weighted by molar-refractivity contribution is 5.90. The summed E-state index contributed by atoms with van der Waals surface area (Å²) in [6.07, 6.45) is 0. The quantitative estimate of drug-likeness (QED) is 0.804. The number of ether oxygens (including phenoxy) is 2. The Morgan fingerprint density at radius 3 is 2.52 bits per heavy atom. The summed E-state index contributed by atoms with van der Waals surface area (Å²) in [5, 5.41) is 14.3. The minimum Gasteiger partial charge on any atom is -0.497 e. The van der Waals surface area contributed by atoms with Gasteiger partial charge in [0.1, 0.15) is 24.2 Å². The monoisotopic (exact) mass is 311 g/mol. The summed E-state index contributed by atoms with van der Waals surface area (Å²) < 4.78 is 10.6. The maximum atomic E-state index is 11.8. The van der Waals surface area contributed by atoms with Crippen LogP contribution in [0.5, 0.6) is 11.5 Å². The number of anilines is 1. The van der Waals surface area contributed by atoms with Crippen LogP contribution < -0.4 is 20.1 Å². The first-order valence-corrected chi connectivity index (χ1v) is 7.04. The number of methoxy groups -OCH3 is 1. The van der Waals surface area contributed by atoms with Crippen molar-refractivity contribution >= 4 is 11.7 Å². The molecule has 0 spiro atoms. The molecule has 0 unspecified atom stereocenters. The third-order valence-corrected chi connectivity index (χ3v) is 3.01. The van der Waals surface area contributed by atoms with E-state index in [9.17, 15) is 4.79 Å². The summed E-state index contributed by atoms with van der Waals surface area (Å²) >= 11 is 0. The van der Waals surface area contributed by atoms with Gasteiger partial charge in [0.2, 0.25) is 0 Å². The van der Waals surface area contributed by atoms with E-state index >= 15 is 0 Å². The molecule has 0 saturated carbocycles. The Labute approximate surface area is 134 Å². The van der Waals surface area contributed by atoms with E-state index in [1.54, 1.807) is 55.6 Å². The molecule has 0 bridgehead atoms. The fourth-order valence-corrected chi connectivity index (χ4v) is 1.86. The number of hydrogen-bond donors (Lipinski definition) is 2. The molecule has 2 N–H and O–H groups in total. The third-order valence-electron chi connectivity index (χ3n) is 3.01. The van der Waals surface area contributed by atoms with E-state index in [0.717, 1.165) is 5.75 Å². The zero-order valence-electron chi connectivity index (χ0n) is 12.7. The lowest BCUT2D eigenvalue weighted by Gasteiger charge is -2.10. The number of nitriles is 1. The summed E-state index contributed by atoms with van der Waals surface area (Å²) in [6.45, 7) is 0.673. The molecule has 0 radical (unpaired) electrons. The normalized spacial score (nSPS) is 9.57. The minimum atomic E-state index is -0.383. The van der Waals surface area contributed by atoms with Gasteiger partial charge in [-0.05, 0) is 36.4 Å². The van der Waals surface area contributed by atoms with Crippen molar-refractivity contribution in [2.75, 3.05) is 25.6 Å². The second-order valence-electron chi connectivity index (χ2n) is 4.56. The SMILES string of the molecule is COc1ccc(OCCNC(=O)Nc2ccccc2C#N)cc1. The fraction of sp³-hybridized carbons (Fsp3) is 0.176. The summed E-state index contributed by atoms with van der Waals surface area (Å²) in [5.74, 6) is 1.45. The Hall–Kier alpha value is -3.20. The highest BCUT2D eigenvalue weighted by Gasteiger charge is 2.05. The lowest BCUT2D eigenvalue weighted by Crippen LogP contribution is -2.32. The van der Waals surface area contributed by atoms with Crippen molar-refractivity contribution in [1.29, 1.82) is 5.26 Å². The average molecular weight is 311 g/mol. The number of nitrogens with one attached hydrogen (secondary N) is 2. The second kappa shape index (κ2) is 8.29. The minimum absolute atomic E-state index is 0.333. The number of rotatable bonds is 6. The summed E-state index contributed by atoms with van der Waals surface area (Å²) in [4.78, 5) is 11.8. The lowest BCUT2D eigenvalue weighted by atomic mass is 10.2. The van der Waals surface area contributed by atoms with E-state index in [4.69, 9.17) is 14.7 Å². The van der Waals surface area contributed by atoms with Crippen molar-refractivity contribution in [3.8, 4) is 17.6 Å². The van der Waals surface area contributed by atoms with Crippen molar-refractivity contribution in [2.45, 2.75) is 0 Å². The molecule has 118 valence electrons. The second-order valence-corrected chi connectivity index (χ2v) is 4.56. The van der Waals surface area contributed by atoms with Crippen LogP contribution in [0.4, 0.5) is 10.5 Å². The first kappa shape index (κ1) is 16.2. The molecule has 0 aliphatic rings. The molecule has 0 saturated heterocycles.